The Bertz CT molecular complexity index is 584. The van der Waals surface area contributed by atoms with Crippen molar-refractivity contribution < 1.29 is 13.2 Å². The zero-order valence-electron chi connectivity index (χ0n) is 11.0. The summed E-state index contributed by atoms with van der Waals surface area (Å²) in [6, 6.07) is 6.44. The van der Waals surface area contributed by atoms with Gasteiger partial charge in [0.25, 0.3) is 0 Å². The van der Waals surface area contributed by atoms with E-state index in [1.165, 1.54) is 18.2 Å². The third-order valence-corrected chi connectivity index (χ3v) is 3.50. The van der Waals surface area contributed by atoms with E-state index < -0.39 is 9.84 Å². The molecular weight excluding hydrogens is 262 g/mol. The third-order valence-electron chi connectivity index (χ3n) is 2.37. The molecule has 1 aromatic carbocycles. The maximum atomic E-state index is 11.4. The Morgan fingerprint density at radius 1 is 1.21 bits per heavy atom. The highest BCUT2D eigenvalue weighted by Crippen LogP contribution is 2.10. The summed E-state index contributed by atoms with van der Waals surface area (Å²) in [5.41, 5.74) is 0.847. The van der Waals surface area contributed by atoms with Crippen LogP contribution in [0.15, 0.2) is 53.5 Å². The van der Waals surface area contributed by atoms with Crippen molar-refractivity contribution in [1.29, 1.82) is 0 Å². The molecule has 1 rings (SSSR count). The molecular formula is C14H17NO3S. The second-order valence-electron chi connectivity index (χ2n) is 4.02. The number of rotatable bonds is 5. The first-order valence-electron chi connectivity index (χ1n) is 5.79. The van der Waals surface area contributed by atoms with Gasteiger partial charge in [-0.15, -0.1) is 0 Å². The van der Waals surface area contributed by atoms with Gasteiger partial charge in [-0.2, -0.15) is 0 Å². The van der Waals surface area contributed by atoms with E-state index in [2.05, 4.69) is 5.32 Å². The molecule has 1 amide bonds. The minimum Gasteiger partial charge on any atom is -0.348 e. The van der Waals surface area contributed by atoms with Crippen molar-refractivity contribution in [3.05, 3.63) is 54.1 Å². The molecule has 0 aliphatic rings. The van der Waals surface area contributed by atoms with Crippen LogP contribution in [0.2, 0.25) is 0 Å². The molecule has 0 aromatic heterocycles. The van der Waals surface area contributed by atoms with Gasteiger partial charge in [-0.3, -0.25) is 4.79 Å². The van der Waals surface area contributed by atoms with Crippen LogP contribution in [0.5, 0.6) is 0 Å². The lowest BCUT2D eigenvalue weighted by atomic mass is 10.2. The fraction of sp³-hybridized carbons (Fsp3) is 0.214. The summed E-state index contributed by atoms with van der Waals surface area (Å²) in [5.74, 6) is -0.190. The van der Waals surface area contributed by atoms with Crippen LogP contribution in [-0.4, -0.2) is 20.6 Å². The summed E-state index contributed by atoms with van der Waals surface area (Å²) in [4.78, 5) is 11.7. The Hall–Kier alpha value is -1.88. The Balaban J connectivity index is 2.58. The molecule has 102 valence electrons. The summed E-state index contributed by atoms with van der Waals surface area (Å²) in [5, 5.41) is 2.71. The van der Waals surface area contributed by atoms with E-state index in [1.807, 2.05) is 13.0 Å². The van der Waals surface area contributed by atoms with Crippen molar-refractivity contribution in [2.75, 3.05) is 6.26 Å². The Morgan fingerprint density at radius 2 is 1.84 bits per heavy atom. The largest absolute Gasteiger partial charge is 0.348 e. The lowest BCUT2D eigenvalue weighted by Gasteiger charge is -2.03. The van der Waals surface area contributed by atoms with Crippen molar-refractivity contribution >= 4 is 15.7 Å². The maximum Gasteiger partial charge on any atom is 0.244 e. The SMILES string of the molecule is C/C=C/C=C/C(=O)NCc1ccc(S(C)(=O)=O)cc1. The average molecular weight is 279 g/mol. The molecule has 0 aliphatic carbocycles. The molecule has 0 saturated heterocycles. The van der Waals surface area contributed by atoms with E-state index in [9.17, 15) is 13.2 Å². The lowest BCUT2D eigenvalue weighted by molar-refractivity contribution is -0.116. The van der Waals surface area contributed by atoms with E-state index >= 15 is 0 Å². The van der Waals surface area contributed by atoms with Gasteiger partial charge in [-0.25, -0.2) is 8.42 Å². The van der Waals surface area contributed by atoms with Crippen LogP contribution in [0.1, 0.15) is 12.5 Å². The fourth-order valence-electron chi connectivity index (χ4n) is 1.36. The van der Waals surface area contributed by atoms with E-state index in [0.717, 1.165) is 11.8 Å². The highest BCUT2D eigenvalue weighted by Gasteiger charge is 2.06. The number of carbonyl (C=O) groups excluding carboxylic acids is 1. The molecule has 19 heavy (non-hydrogen) atoms. The Kier molecular flexibility index (Phi) is 5.51. The quantitative estimate of drug-likeness (QED) is 0.661. The summed E-state index contributed by atoms with van der Waals surface area (Å²) in [6.07, 6.45) is 7.84. The van der Waals surface area contributed by atoms with E-state index in [1.54, 1.807) is 24.3 Å². The molecule has 0 radical (unpaired) electrons. The number of allylic oxidation sites excluding steroid dienone is 3. The normalized spacial score (nSPS) is 12.1. The minimum atomic E-state index is -3.17. The monoisotopic (exact) mass is 279 g/mol. The van der Waals surface area contributed by atoms with Crippen LogP contribution in [0.25, 0.3) is 0 Å². The summed E-state index contributed by atoms with van der Waals surface area (Å²) in [6.45, 7) is 2.23. The second kappa shape index (κ2) is 6.89. The first-order valence-corrected chi connectivity index (χ1v) is 7.69. The predicted molar refractivity (Wildman–Crippen MR) is 75.4 cm³/mol. The molecule has 0 bridgehead atoms. The van der Waals surface area contributed by atoms with Crippen LogP contribution >= 0.6 is 0 Å². The van der Waals surface area contributed by atoms with Crippen molar-refractivity contribution in [1.82, 2.24) is 5.32 Å². The maximum absolute atomic E-state index is 11.4. The standard InChI is InChI=1S/C14H17NO3S/c1-3-4-5-6-14(16)15-11-12-7-9-13(10-8-12)19(2,17)18/h3-10H,11H2,1-2H3,(H,15,16)/b4-3+,6-5+. The molecule has 0 unspecified atom stereocenters. The average Bonchev–Trinajstić information content (AvgIpc) is 2.36. The van der Waals surface area contributed by atoms with Gasteiger partial charge in [0.1, 0.15) is 0 Å². The predicted octanol–water partition coefficient (Wildman–Crippen LogP) is 1.84. The summed E-state index contributed by atoms with van der Waals surface area (Å²) >= 11 is 0. The van der Waals surface area contributed by atoms with Gasteiger partial charge >= 0.3 is 0 Å². The van der Waals surface area contributed by atoms with Crippen molar-refractivity contribution in [3.8, 4) is 0 Å². The van der Waals surface area contributed by atoms with Crippen LogP contribution < -0.4 is 5.32 Å². The molecule has 0 fully saturated rings. The first kappa shape index (κ1) is 15.2. The number of hydrogen-bond acceptors (Lipinski definition) is 3. The number of nitrogens with one attached hydrogen (secondary N) is 1. The first-order chi connectivity index (χ1) is 8.93. The molecule has 0 atom stereocenters. The number of sulfone groups is 1. The van der Waals surface area contributed by atoms with Crippen molar-refractivity contribution in [2.45, 2.75) is 18.4 Å². The van der Waals surface area contributed by atoms with E-state index in [4.69, 9.17) is 0 Å². The summed E-state index contributed by atoms with van der Waals surface area (Å²) in [7, 11) is -3.17. The van der Waals surface area contributed by atoms with Crippen LogP contribution in [0.3, 0.4) is 0 Å². The van der Waals surface area contributed by atoms with Gasteiger partial charge in [0, 0.05) is 18.9 Å². The van der Waals surface area contributed by atoms with Crippen molar-refractivity contribution in [3.63, 3.8) is 0 Å². The molecule has 1 N–H and O–H groups in total. The van der Waals surface area contributed by atoms with Gasteiger partial charge < -0.3 is 5.32 Å². The highest BCUT2D eigenvalue weighted by atomic mass is 32.2. The number of hydrogen-bond donors (Lipinski definition) is 1. The van der Waals surface area contributed by atoms with Gasteiger partial charge in [-0.05, 0) is 24.6 Å². The Labute approximate surface area is 113 Å². The number of carbonyl (C=O) groups is 1. The zero-order valence-corrected chi connectivity index (χ0v) is 11.8. The Morgan fingerprint density at radius 3 is 2.37 bits per heavy atom. The lowest BCUT2D eigenvalue weighted by Crippen LogP contribution is -2.20. The van der Waals surface area contributed by atoms with E-state index in [-0.39, 0.29) is 10.8 Å². The van der Waals surface area contributed by atoms with Crippen molar-refractivity contribution in [2.24, 2.45) is 0 Å². The molecule has 1 aromatic rings. The topological polar surface area (TPSA) is 63.2 Å². The van der Waals surface area contributed by atoms with Crippen LogP contribution in [0, 0.1) is 0 Å². The zero-order chi connectivity index (χ0) is 14.3. The fourth-order valence-corrected chi connectivity index (χ4v) is 1.99. The smallest absolute Gasteiger partial charge is 0.244 e. The molecule has 0 saturated carbocycles. The highest BCUT2D eigenvalue weighted by molar-refractivity contribution is 7.90. The second-order valence-corrected chi connectivity index (χ2v) is 6.03. The number of benzene rings is 1. The van der Waals surface area contributed by atoms with Gasteiger partial charge in [0.15, 0.2) is 9.84 Å². The van der Waals surface area contributed by atoms with E-state index in [0.29, 0.717) is 6.54 Å². The summed E-state index contributed by atoms with van der Waals surface area (Å²) < 4.78 is 22.5. The molecule has 0 spiro atoms. The molecule has 0 aliphatic heterocycles. The number of amides is 1. The van der Waals surface area contributed by atoms with Crippen LogP contribution in [-0.2, 0) is 21.2 Å². The molecule has 4 nitrogen and oxygen atoms in total. The molecule has 5 heteroatoms. The third kappa shape index (κ3) is 5.52. The van der Waals surface area contributed by atoms with Gasteiger partial charge in [0.05, 0.1) is 4.90 Å². The molecule has 0 heterocycles. The van der Waals surface area contributed by atoms with Gasteiger partial charge in [-0.1, -0.05) is 30.4 Å². The van der Waals surface area contributed by atoms with Gasteiger partial charge in [0.2, 0.25) is 5.91 Å². The minimum absolute atomic E-state index is 0.190. The van der Waals surface area contributed by atoms with Crippen LogP contribution in [0.4, 0.5) is 0 Å².